The van der Waals surface area contributed by atoms with Gasteiger partial charge in [0.15, 0.2) is 23.2 Å². The fourth-order valence-electron chi connectivity index (χ4n) is 2.96. The van der Waals surface area contributed by atoms with Crippen LogP contribution < -0.4 is 15.4 Å². The van der Waals surface area contributed by atoms with Crippen molar-refractivity contribution in [3.63, 3.8) is 0 Å². The molecule has 8 heteroatoms. The summed E-state index contributed by atoms with van der Waals surface area (Å²) in [6.07, 6.45) is 2.84. The predicted octanol–water partition coefficient (Wildman–Crippen LogP) is 4.25. The largest absolute Gasteiger partial charge is 0.480 e. The van der Waals surface area contributed by atoms with Gasteiger partial charge in [0.2, 0.25) is 5.91 Å². The number of nitrogens with one attached hydrogen (secondary N) is 2. The maximum absolute atomic E-state index is 13.7. The Morgan fingerprint density at radius 1 is 1.03 bits per heavy atom. The Morgan fingerprint density at radius 3 is 2.35 bits per heavy atom. The lowest BCUT2D eigenvalue weighted by Gasteiger charge is -2.18. The number of benzene rings is 2. The summed E-state index contributed by atoms with van der Waals surface area (Å²) in [6, 6.07) is 8.68. The summed E-state index contributed by atoms with van der Waals surface area (Å²) in [5.41, 5.74) is 0.716. The van der Waals surface area contributed by atoms with Crippen LogP contribution in [0.15, 0.2) is 42.5 Å². The summed E-state index contributed by atoms with van der Waals surface area (Å²) in [4.78, 5) is 36.6. The van der Waals surface area contributed by atoms with E-state index >= 15 is 0 Å². The number of rotatable bonds is 11. The molecule has 0 unspecified atom stereocenters. The molecule has 1 atom stereocenters. The van der Waals surface area contributed by atoms with E-state index in [4.69, 9.17) is 4.74 Å². The van der Waals surface area contributed by atoms with Gasteiger partial charge in [0.1, 0.15) is 6.61 Å². The number of Topliss-reactive ketones (excluding diaryl/α,β-unsaturated/α-hetero) is 1. The molecular formula is C23H26F2N2O4. The van der Waals surface area contributed by atoms with Crippen molar-refractivity contribution < 1.29 is 27.9 Å². The number of halogens is 2. The molecule has 0 heterocycles. The predicted molar refractivity (Wildman–Crippen MR) is 113 cm³/mol. The van der Waals surface area contributed by atoms with Crippen molar-refractivity contribution in [2.24, 2.45) is 0 Å². The van der Waals surface area contributed by atoms with Crippen LogP contribution in [-0.4, -0.2) is 30.2 Å². The van der Waals surface area contributed by atoms with Gasteiger partial charge in [0, 0.05) is 18.2 Å². The molecule has 0 aromatic heterocycles. The first-order chi connectivity index (χ1) is 14.8. The molecule has 0 aliphatic heterocycles. The third-order valence-electron chi connectivity index (χ3n) is 4.51. The Morgan fingerprint density at radius 2 is 1.71 bits per heavy atom. The number of hydrogen-bond donors (Lipinski definition) is 2. The van der Waals surface area contributed by atoms with Crippen LogP contribution in [0.25, 0.3) is 0 Å². The first-order valence-electron chi connectivity index (χ1n) is 10.1. The Kier molecular flexibility index (Phi) is 9.12. The van der Waals surface area contributed by atoms with Gasteiger partial charge < -0.3 is 15.4 Å². The molecule has 2 N–H and O–H groups in total. The number of carbonyl (C=O) groups excluding carboxylic acids is 3. The minimum absolute atomic E-state index is 0.264. The van der Waals surface area contributed by atoms with Gasteiger partial charge in [-0.2, -0.15) is 0 Å². The van der Waals surface area contributed by atoms with E-state index in [0.717, 1.165) is 25.0 Å². The van der Waals surface area contributed by atoms with Gasteiger partial charge in [-0.25, -0.2) is 8.78 Å². The number of unbranched alkanes of at least 4 members (excludes halogenated alkanes) is 2. The molecule has 2 amide bonds. The van der Waals surface area contributed by atoms with E-state index in [2.05, 4.69) is 10.6 Å². The van der Waals surface area contributed by atoms with Crippen LogP contribution >= 0.6 is 0 Å². The van der Waals surface area contributed by atoms with Gasteiger partial charge in [-0.1, -0.05) is 38.3 Å². The molecule has 6 nitrogen and oxygen atoms in total. The van der Waals surface area contributed by atoms with Crippen LogP contribution in [0.2, 0.25) is 0 Å². The van der Waals surface area contributed by atoms with E-state index in [1.807, 2.05) is 6.92 Å². The number of carbonyl (C=O) groups is 3. The van der Waals surface area contributed by atoms with E-state index in [1.165, 1.54) is 19.1 Å². The molecule has 31 heavy (non-hydrogen) atoms. The lowest BCUT2D eigenvalue weighted by molar-refractivity contribution is -0.123. The molecule has 0 aliphatic carbocycles. The van der Waals surface area contributed by atoms with Gasteiger partial charge in [-0.05, 0) is 36.8 Å². The van der Waals surface area contributed by atoms with Crippen molar-refractivity contribution in [1.82, 2.24) is 5.32 Å². The molecule has 2 aromatic carbocycles. The van der Waals surface area contributed by atoms with Crippen LogP contribution in [0.5, 0.6) is 5.75 Å². The minimum Gasteiger partial charge on any atom is -0.480 e. The molecule has 166 valence electrons. The van der Waals surface area contributed by atoms with E-state index in [1.54, 1.807) is 18.2 Å². The van der Waals surface area contributed by atoms with Crippen LogP contribution in [-0.2, 0) is 9.59 Å². The summed E-state index contributed by atoms with van der Waals surface area (Å²) in [6.45, 7) is 2.78. The quantitative estimate of drug-likeness (QED) is 0.520. The second-order valence-electron chi connectivity index (χ2n) is 7.09. The monoisotopic (exact) mass is 432 g/mol. The molecule has 2 rings (SSSR count). The first kappa shape index (κ1) is 24.0. The number of anilines is 1. The summed E-state index contributed by atoms with van der Waals surface area (Å²) in [5.74, 6) is -3.72. The third kappa shape index (κ3) is 7.47. The topological polar surface area (TPSA) is 84.5 Å². The zero-order valence-corrected chi connectivity index (χ0v) is 17.5. The van der Waals surface area contributed by atoms with Crippen molar-refractivity contribution in [1.29, 1.82) is 0 Å². The van der Waals surface area contributed by atoms with Crippen LogP contribution in [0.4, 0.5) is 14.5 Å². The van der Waals surface area contributed by atoms with Crippen LogP contribution in [0, 0.1) is 11.6 Å². The van der Waals surface area contributed by atoms with Gasteiger partial charge in [-0.15, -0.1) is 0 Å². The summed E-state index contributed by atoms with van der Waals surface area (Å²) < 4.78 is 32.5. The minimum atomic E-state index is -0.908. The SMILES string of the molecule is CCCCC[C@H](NC(=O)c1cccc(NC(C)=O)c1)C(=O)COc1c(F)cccc1F. The lowest BCUT2D eigenvalue weighted by atomic mass is 10.0. The highest BCUT2D eigenvalue weighted by molar-refractivity contribution is 5.99. The van der Waals surface area contributed by atoms with E-state index < -0.39 is 41.7 Å². The zero-order chi connectivity index (χ0) is 22.8. The van der Waals surface area contributed by atoms with Crippen molar-refractivity contribution in [2.75, 3.05) is 11.9 Å². The van der Waals surface area contributed by atoms with E-state index in [9.17, 15) is 23.2 Å². The second kappa shape index (κ2) is 11.8. The average Bonchev–Trinajstić information content (AvgIpc) is 2.72. The lowest BCUT2D eigenvalue weighted by Crippen LogP contribution is -2.43. The highest BCUT2D eigenvalue weighted by Crippen LogP contribution is 2.21. The summed E-state index contributed by atoms with van der Waals surface area (Å²) in [7, 11) is 0. The third-order valence-corrected chi connectivity index (χ3v) is 4.51. The molecule has 0 fully saturated rings. The Hall–Kier alpha value is -3.29. The van der Waals surface area contributed by atoms with Crippen molar-refractivity contribution in [3.05, 3.63) is 59.7 Å². The maximum atomic E-state index is 13.7. The van der Waals surface area contributed by atoms with Crippen molar-refractivity contribution in [2.45, 2.75) is 45.6 Å². The Bertz CT molecular complexity index is 913. The van der Waals surface area contributed by atoms with Gasteiger partial charge in [0.25, 0.3) is 5.91 Å². The number of para-hydroxylation sites is 1. The maximum Gasteiger partial charge on any atom is 0.251 e. The summed E-state index contributed by atoms with van der Waals surface area (Å²) in [5, 5.41) is 5.26. The number of ketones is 1. The molecule has 0 aliphatic rings. The van der Waals surface area contributed by atoms with Gasteiger partial charge in [0.05, 0.1) is 6.04 Å². The number of hydrogen-bond acceptors (Lipinski definition) is 4. The molecular weight excluding hydrogens is 406 g/mol. The van der Waals surface area contributed by atoms with Crippen molar-refractivity contribution in [3.8, 4) is 5.75 Å². The van der Waals surface area contributed by atoms with E-state index in [0.29, 0.717) is 18.5 Å². The Balaban J connectivity index is 2.09. The second-order valence-corrected chi connectivity index (χ2v) is 7.09. The smallest absolute Gasteiger partial charge is 0.251 e. The molecule has 0 saturated heterocycles. The normalized spacial score (nSPS) is 11.5. The molecule has 2 aromatic rings. The fraction of sp³-hybridized carbons (Fsp3) is 0.348. The summed E-state index contributed by atoms with van der Waals surface area (Å²) >= 11 is 0. The van der Waals surface area contributed by atoms with Crippen LogP contribution in [0.3, 0.4) is 0 Å². The molecule has 0 bridgehead atoms. The highest BCUT2D eigenvalue weighted by atomic mass is 19.1. The van der Waals surface area contributed by atoms with Crippen LogP contribution in [0.1, 0.15) is 49.9 Å². The molecule has 0 spiro atoms. The van der Waals surface area contributed by atoms with Crippen molar-refractivity contribution >= 4 is 23.3 Å². The molecule has 0 radical (unpaired) electrons. The standard InChI is InChI=1S/C23H26F2N2O4/c1-3-4-5-12-20(21(29)14-31-22-18(24)10-7-11-19(22)25)27-23(30)16-8-6-9-17(13-16)26-15(2)28/h6-11,13,20H,3-5,12,14H2,1-2H3,(H,26,28)(H,27,30)/t20-/m0/s1. The molecule has 0 saturated carbocycles. The fourth-order valence-corrected chi connectivity index (χ4v) is 2.96. The average molecular weight is 432 g/mol. The van der Waals surface area contributed by atoms with Gasteiger partial charge >= 0.3 is 0 Å². The van der Waals surface area contributed by atoms with E-state index in [-0.39, 0.29) is 11.5 Å². The number of amides is 2. The number of ether oxygens (including phenoxy) is 1. The van der Waals surface area contributed by atoms with Gasteiger partial charge in [-0.3, -0.25) is 14.4 Å². The Labute approximate surface area is 180 Å². The highest BCUT2D eigenvalue weighted by Gasteiger charge is 2.23. The zero-order valence-electron chi connectivity index (χ0n) is 17.5. The first-order valence-corrected chi connectivity index (χ1v) is 10.1.